The predicted octanol–water partition coefficient (Wildman–Crippen LogP) is -2.09. The quantitative estimate of drug-likeness (QED) is 0.405. The van der Waals surface area contributed by atoms with Gasteiger partial charge in [-0.1, -0.05) is 13.3 Å². The van der Waals surface area contributed by atoms with Gasteiger partial charge in [-0.3, -0.25) is 4.48 Å². The second kappa shape index (κ2) is 6.60. The summed E-state index contributed by atoms with van der Waals surface area (Å²) in [4.78, 5) is 0. The molecule has 0 rings (SSSR count). The largest absolute Gasteiger partial charge is 1.00 e. The van der Waals surface area contributed by atoms with Crippen LogP contribution in [0.4, 0.5) is 0 Å². The summed E-state index contributed by atoms with van der Waals surface area (Å²) in [6.45, 7) is 6.38. The average molecular weight is 212 g/mol. The van der Waals surface area contributed by atoms with Gasteiger partial charge in [-0.15, -0.1) is 0 Å². The summed E-state index contributed by atoms with van der Waals surface area (Å²) in [5.41, 5.74) is 0. The van der Waals surface area contributed by atoms with E-state index < -0.39 is 12.5 Å². The van der Waals surface area contributed by atoms with Gasteiger partial charge in [-0.25, -0.2) is 0 Å². The highest BCUT2D eigenvalue weighted by molar-refractivity contribution is 4.41. The van der Waals surface area contributed by atoms with Crippen LogP contribution >= 0.6 is 0 Å². The van der Waals surface area contributed by atoms with Crippen LogP contribution in [0.25, 0.3) is 0 Å². The van der Waals surface area contributed by atoms with Gasteiger partial charge in [0.2, 0.25) is 0 Å². The van der Waals surface area contributed by atoms with Crippen molar-refractivity contribution >= 4 is 0 Å². The molecule has 4 heteroatoms. The van der Waals surface area contributed by atoms with Gasteiger partial charge < -0.3 is 22.6 Å². The molecule has 0 aliphatic carbocycles. The van der Waals surface area contributed by atoms with Crippen LogP contribution in [0.1, 0.15) is 33.6 Å². The Morgan fingerprint density at radius 1 is 1.15 bits per heavy atom. The molecule has 0 fully saturated rings. The Morgan fingerprint density at radius 3 is 1.77 bits per heavy atom. The maximum absolute atomic E-state index is 9.48. The minimum atomic E-state index is -0.503. The van der Waals surface area contributed by atoms with Crippen LogP contribution in [0.5, 0.6) is 0 Å². The number of unbranched alkanes of at least 4 members (excludes halogenated alkanes) is 1. The minimum Gasteiger partial charge on any atom is -1.00 e. The second-order valence-electron chi connectivity index (χ2n) is 3.69. The lowest BCUT2D eigenvalue weighted by Crippen LogP contribution is -3.00. The van der Waals surface area contributed by atoms with Gasteiger partial charge in [-0.05, 0) is 6.42 Å². The highest BCUT2D eigenvalue weighted by Crippen LogP contribution is 2.14. The minimum absolute atomic E-state index is 0. The fraction of sp³-hybridized carbons (Fsp3) is 1.00. The van der Waals surface area contributed by atoms with Crippen LogP contribution in [-0.4, -0.2) is 40.7 Å². The van der Waals surface area contributed by atoms with Crippen molar-refractivity contribution in [2.75, 3.05) is 13.6 Å². The summed E-state index contributed by atoms with van der Waals surface area (Å²) in [6.07, 6.45) is 1.12. The highest BCUT2D eigenvalue weighted by atomic mass is 35.5. The Bertz CT molecular complexity index is 121. The predicted molar refractivity (Wildman–Crippen MR) is 49.3 cm³/mol. The highest BCUT2D eigenvalue weighted by Gasteiger charge is 2.31. The van der Waals surface area contributed by atoms with Crippen molar-refractivity contribution in [2.24, 2.45) is 0 Å². The van der Waals surface area contributed by atoms with E-state index in [4.69, 9.17) is 0 Å². The third-order valence-electron chi connectivity index (χ3n) is 2.70. The molecule has 0 aliphatic heterocycles. The molecule has 2 atom stereocenters. The van der Waals surface area contributed by atoms with E-state index in [1.165, 1.54) is 0 Å². The van der Waals surface area contributed by atoms with Crippen molar-refractivity contribution in [2.45, 2.75) is 46.1 Å². The fourth-order valence-electron chi connectivity index (χ4n) is 1.18. The molecule has 0 saturated carbocycles. The zero-order chi connectivity index (χ0) is 9.78. The third-order valence-corrected chi connectivity index (χ3v) is 2.70. The number of rotatable bonds is 5. The summed E-state index contributed by atoms with van der Waals surface area (Å²) in [5.74, 6) is 0. The summed E-state index contributed by atoms with van der Waals surface area (Å²) in [7, 11) is 1.88. The van der Waals surface area contributed by atoms with E-state index in [-0.39, 0.29) is 12.4 Å². The molecule has 0 saturated heterocycles. The average Bonchev–Trinajstić information content (AvgIpc) is 1.99. The summed E-state index contributed by atoms with van der Waals surface area (Å²) >= 11 is 0. The summed E-state index contributed by atoms with van der Waals surface area (Å²) < 4.78 is 0.327. The zero-order valence-electron chi connectivity index (χ0n) is 9.00. The smallest absolute Gasteiger partial charge is 0.189 e. The first-order chi connectivity index (χ1) is 5.45. The Hall–Kier alpha value is 0.170. The van der Waals surface area contributed by atoms with E-state index in [1.54, 1.807) is 13.8 Å². The maximum atomic E-state index is 9.48. The first-order valence-corrected chi connectivity index (χ1v) is 4.66. The summed E-state index contributed by atoms with van der Waals surface area (Å²) in [6, 6.07) is 0. The fourth-order valence-corrected chi connectivity index (χ4v) is 1.18. The molecule has 0 aromatic rings. The number of hydrogen-bond donors (Lipinski definition) is 2. The summed E-state index contributed by atoms with van der Waals surface area (Å²) in [5, 5.41) is 19.0. The van der Waals surface area contributed by atoms with Gasteiger partial charge in [0.15, 0.2) is 12.5 Å². The maximum Gasteiger partial charge on any atom is 0.189 e. The molecule has 0 bridgehead atoms. The van der Waals surface area contributed by atoms with Gasteiger partial charge in [0, 0.05) is 13.8 Å². The molecular weight excluding hydrogens is 190 g/mol. The number of halogens is 1. The molecule has 2 unspecified atom stereocenters. The van der Waals surface area contributed by atoms with E-state index in [2.05, 4.69) is 6.92 Å². The standard InChI is InChI=1S/C9H22NO2.ClH/c1-5-6-7-10(4,8(2)11)9(3)12;/h8-9,11-12H,5-7H2,1-4H3;1H/q+1;/p-1. The van der Waals surface area contributed by atoms with Gasteiger partial charge >= 0.3 is 0 Å². The molecule has 0 amide bonds. The van der Waals surface area contributed by atoms with E-state index in [0.29, 0.717) is 4.48 Å². The Morgan fingerprint density at radius 2 is 1.54 bits per heavy atom. The molecule has 2 N–H and O–H groups in total. The molecule has 13 heavy (non-hydrogen) atoms. The first kappa shape index (κ1) is 15.6. The van der Waals surface area contributed by atoms with Crippen molar-refractivity contribution in [1.82, 2.24) is 0 Å². The van der Waals surface area contributed by atoms with Crippen LogP contribution in [0.2, 0.25) is 0 Å². The monoisotopic (exact) mass is 211 g/mol. The number of hydrogen-bond acceptors (Lipinski definition) is 2. The van der Waals surface area contributed by atoms with Crippen molar-refractivity contribution in [3.63, 3.8) is 0 Å². The normalized spacial score (nSPS) is 19.8. The number of nitrogens with zero attached hydrogens (tertiary/aromatic N) is 1. The Labute approximate surface area is 87.4 Å². The molecular formula is C9H22ClNO2. The van der Waals surface area contributed by atoms with E-state index in [0.717, 1.165) is 19.4 Å². The van der Waals surface area contributed by atoms with E-state index >= 15 is 0 Å². The van der Waals surface area contributed by atoms with Crippen molar-refractivity contribution in [1.29, 1.82) is 0 Å². The molecule has 0 aromatic carbocycles. The lowest BCUT2D eigenvalue weighted by Gasteiger charge is -2.39. The Kier molecular flexibility index (Phi) is 7.93. The molecule has 82 valence electrons. The van der Waals surface area contributed by atoms with Crippen LogP contribution in [0.3, 0.4) is 0 Å². The molecule has 3 nitrogen and oxygen atoms in total. The van der Waals surface area contributed by atoms with Gasteiger partial charge in [0.1, 0.15) is 0 Å². The van der Waals surface area contributed by atoms with Crippen LogP contribution in [0.15, 0.2) is 0 Å². The molecule has 0 radical (unpaired) electrons. The van der Waals surface area contributed by atoms with Crippen LogP contribution in [0, 0.1) is 0 Å². The Balaban J connectivity index is 0. The molecule has 0 spiro atoms. The molecule has 0 aliphatic rings. The second-order valence-corrected chi connectivity index (χ2v) is 3.69. The van der Waals surface area contributed by atoms with Crippen molar-refractivity contribution in [3.8, 4) is 0 Å². The van der Waals surface area contributed by atoms with Crippen molar-refractivity contribution < 1.29 is 27.1 Å². The topological polar surface area (TPSA) is 40.5 Å². The number of aliphatic hydroxyl groups excluding tert-OH is 2. The van der Waals surface area contributed by atoms with Crippen LogP contribution < -0.4 is 12.4 Å². The SMILES string of the molecule is CCCC[N+](C)(C(C)O)C(C)O.[Cl-]. The zero-order valence-corrected chi connectivity index (χ0v) is 9.75. The van der Waals surface area contributed by atoms with Crippen LogP contribution in [-0.2, 0) is 0 Å². The third kappa shape index (κ3) is 4.27. The van der Waals surface area contributed by atoms with E-state index in [1.807, 2.05) is 7.05 Å². The molecule has 0 heterocycles. The van der Waals surface area contributed by atoms with Crippen molar-refractivity contribution in [3.05, 3.63) is 0 Å². The first-order valence-electron chi connectivity index (χ1n) is 4.66. The van der Waals surface area contributed by atoms with Gasteiger partial charge in [-0.2, -0.15) is 0 Å². The van der Waals surface area contributed by atoms with Gasteiger partial charge in [0.05, 0.1) is 13.6 Å². The number of quaternary nitrogens is 1. The number of aliphatic hydroxyl groups is 2. The molecule has 0 aromatic heterocycles. The lowest BCUT2D eigenvalue weighted by molar-refractivity contribution is -0.990. The lowest BCUT2D eigenvalue weighted by atomic mass is 10.2. The van der Waals surface area contributed by atoms with E-state index in [9.17, 15) is 10.2 Å². The van der Waals surface area contributed by atoms with Gasteiger partial charge in [0.25, 0.3) is 0 Å².